The minimum absolute atomic E-state index is 0. The zero-order chi connectivity index (χ0) is 20.4. The highest BCUT2D eigenvalue weighted by Crippen LogP contribution is 2.18. The molecule has 0 spiro atoms. The van der Waals surface area contributed by atoms with E-state index in [0.717, 1.165) is 35.7 Å². The van der Waals surface area contributed by atoms with E-state index in [1.165, 1.54) is 24.3 Å². The number of guanidine groups is 1. The third-order valence-corrected chi connectivity index (χ3v) is 5.74. The molecule has 29 heavy (non-hydrogen) atoms. The Morgan fingerprint density at radius 1 is 1.10 bits per heavy atom. The molecule has 0 heterocycles. The molecule has 0 aromatic heterocycles. The molecule has 0 amide bonds. The molecular formula is C19H26FIN4O2S2. The fourth-order valence-electron chi connectivity index (χ4n) is 2.30. The van der Waals surface area contributed by atoms with Crippen molar-refractivity contribution < 1.29 is 12.8 Å². The van der Waals surface area contributed by atoms with Crippen LogP contribution in [-0.4, -0.2) is 33.2 Å². The Kier molecular flexibility index (Phi) is 11.5. The maximum absolute atomic E-state index is 12.9. The van der Waals surface area contributed by atoms with Crippen LogP contribution < -0.4 is 15.8 Å². The Morgan fingerprint density at radius 2 is 1.76 bits per heavy atom. The van der Waals surface area contributed by atoms with E-state index in [1.807, 2.05) is 6.92 Å². The van der Waals surface area contributed by atoms with Crippen LogP contribution >= 0.6 is 35.7 Å². The molecule has 2 aromatic carbocycles. The zero-order valence-electron chi connectivity index (χ0n) is 16.1. The predicted octanol–water partition coefficient (Wildman–Crippen LogP) is 3.33. The first kappa shape index (κ1) is 25.7. The molecule has 2 rings (SSSR count). The topological polar surface area (TPSA) is 96.6 Å². The van der Waals surface area contributed by atoms with Crippen LogP contribution in [0.1, 0.15) is 18.9 Å². The number of benzene rings is 2. The number of sulfonamides is 1. The second-order valence-electron chi connectivity index (χ2n) is 5.97. The molecule has 0 aliphatic carbocycles. The molecule has 4 N–H and O–H groups in total. The van der Waals surface area contributed by atoms with Gasteiger partial charge in [-0.3, -0.25) is 0 Å². The molecule has 0 aliphatic rings. The van der Waals surface area contributed by atoms with Gasteiger partial charge in [0.2, 0.25) is 10.0 Å². The van der Waals surface area contributed by atoms with Crippen LogP contribution in [0.25, 0.3) is 0 Å². The van der Waals surface area contributed by atoms with E-state index in [0.29, 0.717) is 12.5 Å². The molecule has 6 nitrogen and oxygen atoms in total. The summed E-state index contributed by atoms with van der Waals surface area (Å²) in [5, 5.41) is 11.5. The molecule has 0 radical (unpaired) electrons. The highest BCUT2D eigenvalue weighted by Gasteiger charge is 2.06. The van der Waals surface area contributed by atoms with E-state index in [1.54, 1.807) is 36.0 Å². The van der Waals surface area contributed by atoms with Gasteiger partial charge < -0.3 is 10.6 Å². The highest BCUT2D eigenvalue weighted by atomic mass is 127. The van der Waals surface area contributed by atoms with Gasteiger partial charge in [-0.15, -0.1) is 35.7 Å². The minimum atomic E-state index is -3.68. The summed E-state index contributed by atoms with van der Waals surface area (Å²) in [5.74, 6) is 1.38. The summed E-state index contributed by atoms with van der Waals surface area (Å²) >= 11 is 1.68. The van der Waals surface area contributed by atoms with Gasteiger partial charge in [0, 0.05) is 18.0 Å². The summed E-state index contributed by atoms with van der Waals surface area (Å²) in [7, 11) is -3.68. The molecule has 160 valence electrons. The Labute approximate surface area is 193 Å². The average molecular weight is 552 g/mol. The van der Waals surface area contributed by atoms with E-state index in [-0.39, 0.29) is 34.7 Å². The van der Waals surface area contributed by atoms with Crippen LogP contribution in [0.15, 0.2) is 63.3 Å². The van der Waals surface area contributed by atoms with Gasteiger partial charge in [0.15, 0.2) is 5.96 Å². The number of rotatable bonds is 9. The highest BCUT2D eigenvalue weighted by molar-refractivity contribution is 14.0. The van der Waals surface area contributed by atoms with Crippen molar-refractivity contribution in [2.45, 2.75) is 29.7 Å². The van der Waals surface area contributed by atoms with Crippen LogP contribution in [0.3, 0.4) is 0 Å². The predicted molar refractivity (Wildman–Crippen MR) is 128 cm³/mol. The first-order chi connectivity index (χ1) is 13.4. The largest absolute Gasteiger partial charge is 0.357 e. The fourth-order valence-corrected chi connectivity index (χ4v) is 3.66. The Bertz CT molecular complexity index is 876. The molecule has 0 unspecified atom stereocenters. The number of hydrogen-bond acceptors (Lipinski definition) is 4. The Morgan fingerprint density at radius 3 is 2.34 bits per heavy atom. The van der Waals surface area contributed by atoms with Gasteiger partial charge in [-0.2, -0.15) is 0 Å². The lowest BCUT2D eigenvalue weighted by atomic mass is 10.2. The zero-order valence-corrected chi connectivity index (χ0v) is 20.1. The summed E-state index contributed by atoms with van der Waals surface area (Å²) in [4.78, 5) is 5.64. The van der Waals surface area contributed by atoms with E-state index in [2.05, 4.69) is 15.6 Å². The van der Waals surface area contributed by atoms with Gasteiger partial charge >= 0.3 is 0 Å². The number of nitrogens with two attached hydrogens (primary N) is 1. The third-order valence-electron chi connectivity index (χ3n) is 3.71. The van der Waals surface area contributed by atoms with E-state index < -0.39 is 10.0 Å². The van der Waals surface area contributed by atoms with Gasteiger partial charge in [-0.05, 0) is 61.1 Å². The quantitative estimate of drug-likeness (QED) is 0.146. The number of aliphatic imine (C=N–C) groups is 1. The average Bonchev–Trinajstić information content (AvgIpc) is 2.67. The number of thioether (sulfide) groups is 1. The van der Waals surface area contributed by atoms with E-state index in [4.69, 9.17) is 5.14 Å². The van der Waals surface area contributed by atoms with Crippen molar-refractivity contribution in [2.75, 3.05) is 18.8 Å². The molecule has 0 bridgehead atoms. The van der Waals surface area contributed by atoms with Crippen molar-refractivity contribution in [3.8, 4) is 0 Å². The molecular weight excluding hydrogens is 526 g/mol. The van der Waals surface area contributed by atoms with Crippen LogP contribution in [-0.2, 0) is 16.6 Å². The van der Waals surface area contributed by atoms with Crippen molar-refractivity contribution in [1.29, 1.82) is 0 Å². The Hall–Kier alpha value is -1.37. The van der Waals surface area contributed by atoms with Crippen LogP contribution in [0.4, 0.5) is 4.39 Å². The standard InChI is InChI=1S/C19H25FN4O2S2.HI/c1-2-22-19(23-12-3-13-27-17-8-6-16(20)7-9-17)24-14-15-4-10-18(11-5-15)28(21,25)26;/h4-11H,2-3,12-14H2,1H3,(H2,21,25,26)(H2,22,23,24);1H. The lowest BCUT2D eigenvalue weighted by Crippen LogP contribution is -2.37. The van der Waals surface area contributed by atoms with E-state index >= 15 is 0 Å². The van der Waals surface area contributed by atoms with Gasteiger partial charge in [0.25, 0.3) is 0 Å². The first-order valence-corrected chi connectivity index (χ1v) is 11.4. The van der Waals surface area contributed by atoms with Crippen molar-refractivity contribution in [3.05, 3.63) is 59.9 Å². The molecule has 0 saturated carbocycles. The van der Waals surface area contributed by atoms with Crippen molar-refractivity contribution in [2.24, 2.45) is 10.1 Å². The van der Waals surface area contributed by atoms with Crippen molar-refractivity contribution in [3.63, 3.8) is 0 Å². The van der Waals surface area contributed by atoms with Crippen molar-refractivity contribution >= 4 is 51.7 Å². The number of primary sulfonamides is 1. The second kappa shape index (κ2) is 13.0. The van der Waals surface area contributed by atoms with Gasteiger partial charge in [-0.25, -0.2) is 22.9 Å². The van der Waals surface area contributed by atoms with Crippen LogP contribution in [0, 0.1) is 5.82 Å². The molecule has 0 aliphatic heterocycles. The molecule has 0 atom stereocenters. The summed E-state index contributed by atoms with van der Waals surface area (Å²) in [6, 6.07) is 12.8. The number of halogens is 2. The SMILES string of the molecule is CCNC(=NCc1ccc(S(N)(=O)=O)cc1)NCCCSc1ccc(F)cc1.I. The molecule has 0 saturated heterocycles. The monoisotopic (exact) mass is 552 g/mol. The normalized spacial score (nSPS) is 11.6. The van der Waals surface area contributed by atoms with Crippen LogP contribution in [0.5, 0.6) is 0 Å². The third kappa shape index (κ3) is 9.79. The smallest absolute Gasteiger partial charge is 0.238 e. The van der Waals surface area contributed by atoms with Crippen LogP contribution in [0.2, 0.25) is 0 Å². The van der Waals surface area contributed by atoms with Gasteiger partial charge in [-0.1, -0.05) is 12.1 Å². The fraction of sp³-hybridized carbons (Fsp3) is 0.316. The second-order valence-corrected chi connectivity index (χ2v) is 8.70. The number of hydrogen-bond donors (Lipinski definition) is 3. The summed E-state index contributed by atoms with van der Waals surface area (Å²) in [6.45, 7) is 3.90. The summed E-state index contributed by atoms with van der Waals surface area (Å²) in [5.41, 5.74) is 0.886. The minimum Gasteiger partial charge on any atom is -0.357 e. The van der Waals surface area contributed by atoms with Gasteiger partial charge in [0.05, 0.1) is 11.4 Å². The van der Waals surface area contributed by atoms with Crippen molar-refractivity contribution in [1.82, 2.24) is 10.6 Å². The lowest BCUT2D eigenvalue weighted by Gasteiger charge is -2.11. The first-order valence-electron chi connectivity index (χ1n) is 8.91. The lowest BCUT2D eigenvalue weighted by molar-refractivity contribution is 0.597. The summed E-state index contributed by atoms with van der Waals surface area (Å²) in [6.07, 6.45) is 0.926. The molecule has 2 aromatic rings. The Balaban J connectivity index is 0.00000420. The van der Waals surface area contributed by atoms with Gasteiger partial charge in [0.1, 0.15) is 5.82 Å². The maximum atomic E-state index is 12.9. The molecule has 0 fully saturated rings. The maximum Gasteiger partial charge on any atom is 0.238 e. The number of nitrogens with one attached hydrogen (secondary N) is 2. The summed E-state index contributed by atoms with van der Waals surface area (Å²) < 4.78 is 35.5. The molecule has 10 heteroatoms. The van der Waals surface area contributed by atoms with E-state index in [9.17, 15) is 12.8 Å². The number of nitrogens with zero attached hydrogens (tertiary/aromatic N) is 1.